The first kappa shape index (κ1) is 29.5. The Morgan fingerprint density at radius 2 is 0.593 bits per heavy atom. The summed E-state index contributed by atoms with van der Waals surface area (Å²) in [4.78, 5) is 2.56. The molecule has 0 heterocycles. The number of hydrogen-bond donors (Lipinski definition) is 0. The fourth-order valence-corrected chi connectivity index (χ4v) is 3.85. The van der Waals surface area contributed by atoms with E-state index in [-0.39, 0.29) is 12.4 Å². The lowest BCUT2D eigenvalue weighted by Gasteiger charge is -2.16. The van der Waals surface area contributed by atoms with Crippen molar-refractivity contribution in [2.24, 2.45) is 0 Å². The van der Waals surface area contributed by atoms with Crippen molar-refractivity contribution < 1.29 is 12.4 Å². The van der Waals surface area contributed by atoms with Crippen LogP contribution < -0.4 is 12.4 Å². The van der Waals surface area contributed by atoms with Crippen LogP contribution in [0.1, 0.15) is 142 Å². The third-order valence-corrected chi connectivity index (χ3v) is 5.79. The number of hydrogen-bond acceptors (Lipinski definition) is 1. The highest BCUT2D eigenvalue weighted by Crippen LogP contribution is 2.12. The quantitative estimate of drug-likeness (QED) is 0.208. The lowest BCUT2D eigenvalue weighted by atomic mass is 10.1. The summed E-state index contributed by atoms with van der Waals surface area (Å²) in [5, 5.41) is 0. The predicted molar refractivity (Wildman–Crippen MR) is 121 cm³/mol. The second kappa shape index (κ2) is 26.2. The highest BCUT2D eigenvalue weighted by molar-refractivity contribution is 4.55. The van der Waals surface area contributed by atoms with Crippen LogP contribution in [0.3, 0.4) is 0 Å². The van der Waals surface area contributed by atoms with E-state index in [9.17, 15) is 0 Å². The maximum atomic E-state index is 2.56. The number of unbranched alkanes of at least 4 members (excludes halogenated alkanes) is 18. The van der Waals surface area contributed by atoms with Crippen molar-refractivity contribution in [1.29, 1.82) is 0 Å². The molecule has 0 aliphatic carbocycles. The van der Waals surface area contributed by atoms with Crippen molar-refractivity contribution >= 4 is 0 Å². The van der Waals surface area contributed by atoms with Crippen LogP contribution in [0.25, 0.3) is 0 Å². The minimum atomic E-state index is 0. The molecule has 0 aliphatic heterocycles. The van der Waals surface area contributed by atoms with Gasteiger partial charge in [-0.1, -0.05) is 129 Å². The summed E-state index contributed by atoms with van der Waals surface area (Å²) in [6.07, 6.45) is 28.9. The summed E-state index contributed by atoms with van der Waals surface area (Å²) in [6.45, 7) is 7.23. The Morgan fingerprint density at radius 1 is 0.370 bits per heavy atom. The molecule has 0 aromatic carbocycles. The van der Waals surface area contributed by atoms with E-state index < -0.39 is 0 Å². The van der Waals surface area contributed by atoms with Gasteiger partial charge in [-0.15, -0.1) is 0 Å². The average molecular weight is 403 g/mol. The lowest BCUT2D eigenvalue weighted by molar-refractivity contribution is -0.00000591. The van der Waals surface area contributed by atoms with Crippen LogP contribution in [-0.4, -0.2) is 25.0 Å². The topological polar surface area (TPSA) is 3.24 Å². The van der Waals surface area contributed by atoms with Gasteiger partial charge in [0.2, 0.25) is 0 Å². The molecule has 166 valence electrons. The summed E-state index contributed by atoms with van der Waals surface area (Å²) < 4.78 is 0. The smallest absolute Gasteiger partial charge is 0.00218 e. The molecule has 0 bridgehead atoms. The first-order valence-corrected chi connectivity index (χ1v) is 12.5. The Balaban J connectivity index is 0. The van der Waals surface area contributed by atoms with Gasteiger partial charge < -0.3 is 17.3 Å². The van der Waals surface area contributed by atoms with E-state index in [0.29, 0.717) is 0 Å². The van der Waals surface area contributed by atoms with Crippen LogP contribution >= 0.6 is 0 Å². The minimum Gasteiger partial charge on any atom is -1.00 e. The Morgan fingerprint density at radius 3 is 0.852 bits per heavy atom. The fourth-order valence-electron chi connectivity index (χ4n) is 3.85. The molecule has 0 rings (SSSR count). The van der Waals surface area contributed by atoms with E-state index in [2.05, 4.69) is 25.8 Å². The van der Waals surface area contributed by atoms with Crippen molar-refractivity contribution in [1.82, 2.24) is 4.90 Å². The average Bonchev–Trinajstić information content (AvgIpc) is 2.64. The van der Waals surface area contributed by atoms with Crippen LogP contribution in [0.5, 0.6) is 0 Å². The van der Waals surface area contributed by atoms with Gasteiger partial charge in [-0.05, 0) is 33.0 Å². The normalized spacial score (nSPS) is 11.1. The zero-order valence-corrected chi connectivity index (χ0v) is 20.1. The summed E-state index contributed by atoms with van der Waals surface area (Å²) in [6, 6.07) is 0. The predicted octanol–water partition coefficient (Wildman–Crippen LogP) is 5.76. The molecule has 1 nitrogen and oxygen atoms in total. The molecule has 0 saturated carbocycles. The van der Waals surface area contributed by atoms with Crippen molar-refractivity contribution in [2.45, 2.75) is 142 Å². The Hall–Kier alpha value is 0.250. The third kappa shape index (κ3) is 26.2. The Kier molecular flexibility index (Phi) is 28.6. The van der Waals surface area contributed by atoms with Gasteiger partial charge in [0.05, 0.1) is 0 Å². The van der Waals surface area contributed by atoms with Crippen molar-refractivity contribution in [3.8, 4) is 0 Å². The van der Waals surface area contributed by atoms with Crippen molar-refractivity contribution in [3.63, 3.8) is 0 Å². The molecular weight excluding hydrogens is 350 g/mol. The van der Waals surface area contributed by atoms with E-state index in [0.717, 1.165) is 0 Å². The highest BCUT2D eigenvalue weighted by atomic mass is 35.5. The molecule has 0 unspecified atom stereocenters. The standard InChI is InChI=1S/C25H53N.ClH/c1-4-6-8-10-12-14-16-18-20-22-24-26(3)25-23-21-19-17-15-13-11-9-7-5-2;/h4-25H2,1-3H3;1H/p-1. The van der Waals surface area contributed by atoms with E-state index in [4.69, 9.17) is 0 Å². The highest BCUT2D eigenvalue weighted by Gasteiger charge is 1.99. The van der Waals surface area contributed by atoms with E-state index in [1.165, 1.54) is 142 Å². The fraction of sp³-hybridized carbons (Fsp3) is 1.00. The number of rotatable bonds is 22. The summed E-state index contributed by atoms with van der Waals surface area (Å²) in [5.41, 5.74) is 0. The molecule has 0 N–H and O–H groups in total. The van der Waals surface area contributed by atoms with Gasteiger partial charge in [0.25, 0.3) is 0 Å². The van der Waals surface area contributed by atoms with Gasteiger partial charge in [-0.25, -0.2) is 0 Å². The van der Waals surface area contributed by atoms with E-state index in [1.54, 1.807) is 0 Å². The molecule has 0 atom stereocenters. The van der Waals surface area contributed by atoms with Crippen LogP contribution in [0.2, 0.25) is 0 Å². The van der Waals surface area contributed by atoms with Gasteiger partial charge in [-0.2, -0.15) is 0 Å². The number of nitrogens with zero attached hydrogens (tertiary/aromatic N) is 1. The first-order chi connectivity index (χ1) is 12.8. The van der Waals surface area contributed by atoms with Gasteiger partial charge in [-0.3, -0.25) is 0 Å². The third-order valence-electron chi connectivity index (χ3n) is 5.79. The minimum absolute atomic E-state index is 0. The van der Waals surface area contributed by atoms with Crippen LogP contribution in [0.4, 0.5) is 0 Å². The first-order valence-electron chi connectivity index (χ1n) is 12.5. The van der Waals surface area contributed by atoms with Gasteiger partial charge in [0.15, 0.2) is 0 Å². The molecule has 0 fully saturated rings. The lowest BCUT2D eigenvalue weighted by Crippen LogP contribution is -3.00. The molecule has 0 spiro atoms. The molecule has 0 aliphatic rings. The summed E-state index contributed by atoms with van der Waals surface area (Å²) >= 11 is 0. The van der Waals surface area contributed by atoms with Crippen LogP contribution in [0.15, 0.2) is 0 Å². The molecule has 0 aromatic rings. The zero-order chi connectivity index (χ0) is 19.1. The second-order valence-electron chi connectivity index (χ2n) is 8.67. The molecule has 0 amide bonds. The largest absolute Gasteiger partial charge is 1.00 e. The monoisotopic (exact) mass is 402 g/mol. The van der Waals surface area contributed by atoms with E-state index in [1.807, 2.05) is 0 Å². The van der Waals surface area contributed by atoms with Gasteiger partial charge in [0.1, 0.15) is 0 Å². The van der Waals surface area contributed by atoms with Crippen molar-refractivity contribution in [3.05, 3.63) is 0 Å². The SMILES string of the molecule is CCCCCCCCCCCCN(C)CCCCCCCCCCCC.[Cl-]. The van der Waals surface area contributed by atoms with E-state index >= 15 is 0 Å². The van der Waals surface area contributed by atoms with Gasteiger partial charge in [0, 0.05) is 0 Å². The van der Waals surface area contributed by atoms with Crippen molar-refractivity contribution in [2.75, 3.05) is 20.1 Å². The second-order valence-corrected chi connectivity index (χ2v) is 8.67. The molecule has 0 saturated heterocycles. The van der Waals surface area contributed by atoms with Crippen LogP contribution in [-0.2, 0) is 0 Å². The maximum Gasteiger partial charge on any atom is -0.00218 e. The zero-order valence-electron chi connectivity index (χ0n) is 19.4. The number of halogens is 1. The Labute approximate surface area is 179 Å². The molecule has 0 radical (unpaired) electrons. The Bertz CT molecular complexity index is 220. The van der Waals surface area contributed by atoms with Crippen LogP contribution in [0, 0.1) is 0 Å². The molecular formula is C25H53ClN-. The molecule has 27 heavy (non-hydrogen) atoms. The summed E-state index contributed by atoms with van der Waals surface area (Å²) in [7, 11) is 2.32. The molecule has 0 aromatic heterocycles. The maximum absolute atomic E-state index is 2.56. The summed E-state index contributed by atoms with van der Waals surface area (Å²) in [5.74, 6) is 0. The van der Waals surface area contributed by atoms with Gasteiger partial charge >= 0.3 is 0 Å². The molecule has 2 heteroatoms.